The molecule has 0 spiro atoms. The number of hydrogen-bond donors (Lipinski definition) is 2. The fourth-order valence-electron chi connectivity index (χ4n) is 2.62. The van der Waals surface area contributed by atoms with Crippen LogP contribution in [0.3, 0.4) is 0 Å². The number of benzene rings is 1. The Morgan fingerprint density at radius 1 is 1.42 bits per heavy atom. The summed E-state index contributed by atoms with van der Waals surface area (Å²) in [6.07, 6.45) is 3.91. The lowest BCUT2D eigenvalue weighted by Gasteiger charge is -2.25. The van der Waals surface area contributed by atoms with Gasteiger partial charge in [-0.05, 0) is 37.5 Å². The highest BCUT2D eigenvalue weighted by Crippen LogP contribution is 2.29. The Labute approximate surface area is 113 Å². The lowest BCUT2D eigenvalue weighted by atomic mass is 10.0. The molecule has 0 bridgehead atoms. The maximum atomic E-state index is 13.3. The van der Waals surface area contributed by atoms with Crippen LogP contribution in [0.1, 0.15) is 44.2 Å². The van der Waals surface area contributed by atoms with E-state index in [0.717, 1.165) is 31.2 Å². The first-order chi connectivity index (χ1) is 9.04. The van der Waals surface area contributed by atoms with Crippen LogP contribution >= 0.6 is 0 Å². The molecule has 0 radical (unpaired) electrons. The van der Waals surface area contributed by atoms with E-state index in [1.807, 2.05) is 6.92 Å². The molecule has 4 heteroatoms. The summed E-state index contributed by atoms with van der Waals surface area (Å²) in [5.41, 5.74) is 0.387. The lowest BCUT2D eigenvalue weighted by Crippen LogP contribution is -2.39. The van der Waals surface area contributed by atoms with Crippen molar-refractivity contribution in [3.05, 3.63) is 29.6 Å². The Morgan fingerprint density at radius 2 is 2.11 bits per heavy atom. The van der Waals surface area contributed by atoms with Gasteiger partial charge in [0.05, 0.1) is 12.7 Å². The van der Waals surface area contributed by atoms with Crippen LogP contribution in [0.2, 0.25) is 0 Å². The zero-order chi connectivity index (χ0) is 13.9. The van der Waals surface area contributed by atoms with Crippen LogP contribution in [0.15, 0.2) is 18.2 Å². The van der Waals surface area contributed by atoms with E-state index in [1.165, 1.54) is 13.2 Å². The molecule has 106 valence electrons. The second kappa shape index (κ2) is 5.88. The molecule has 1 saturated carbocycles. The summed E-state index contributed by atoms with van der Waals surface area (Å²) in [5.74, 6) is -0.0985. The number of halogens is 1. The summed E-state index contributed by atoms with van der Waals surface area (Å²) >= 11 is 0. The molecular weight excluding hydrogens is 245 g/mol. The minimum absolute atomic E-state index is 0.0547. The van der Waals surface area contributed by atoms with Crippen molar-refractivity contribution in [1.82, 2.24) is 5.32 Å². The molecule has 0 saturated heterocycles. The molecule has 1 atom stereocenters. The van der Waals surface area contributed by atoms with Crippen molar-refractivity contribution in [2.45, 2.75) is 44.2 Å². The molecule has 0 amide bonds. The van der Waals surface area contributed by atoms with E-state index in [2.05, 4.69) is 5.32 Å². The molecule has 2 rings (SSSR count). The molecule has 0 aliphatic heterocycles. The summed E-state index contributed by atoms with van der Waals surface area (Å²) in [7, 11) is 1.46. The fraction of sp³-hybridized carbons (Fsp3) is 0.600. The smallest absolute Gasteiger partial charge is 0.165 e. The van der Waals surface area contributed by atoms with Gasteiger partial charge in [0.15, 0.2) is 11.6 Å². The fourth-order valence-corrected chi connectivity index (χ4v) is 2.62. The predicted molar refractivity (Wildman–Crippen MR) is 72.8 cm³/mol. The van der Waals surface area contributed by atoms with Gasteiger partial charge in [-0.25, -0.2) is 4.39 Å². The van der Waals surface area contributed by atoms with E-state index >= 15 is 0 Å². The molecule has 3 nitrogen and oxygen atoms in total. The van der Waals surface area contributed by atoms with E-state index in [9.17, 15) is 9.50 Å². The second-order valence-electron chi connectivity index (χ2n) is 5.43. The number of methoxy groups -OCH3 is 1. The van der Waals surface area contributed by atoms with Crippen molar-refractivity contribution in [2.24, 2.45) is 0 Å². The number of aliphatic hydroxyl groups is 1. The van der Waals surface area contributed by atoms with Crippen molar-refractivity contribution in [3.63, 3.8) is 0 Å². The van der Waals surface area contributed by atoms with Gasteiger partial charge < -0.3 is 15.2 Å². The van der Waals surface area contributed by atoms with Crippen molar-refractivity contribution in [2.75, 3.05) is 13.7 Å². The van der Waals surface area contributed by atoms with Gasteiger partial charge in [-0.3, -0.25) is 0 Å². The van der Waals surface area contributed by atoms with Crippen LogP contribution in [0, 0.1) is 5.82 Å². The highest BCUT2D eigenvalue weighted by atomic mass is 19.1. The third kappa shape index (κ3) is 3.45. The van der Waals surface area contributed by atoms with E-state index in [-0.39, 0.29) is 17.6 Å². The quantitative estimate of drug-likeness (QED) is 0.862. The van der Waals surface area contributed by atoms with Gasteiger partial charge in [0.1, 0.15) is 0 Å². The molecule has 19 heavy (non-hydrogen) atoms. The largest absolute Gasteiger partial charge is 0.494 e. The third-order valence-electron chi connectivity index (χ3n) is 3.95. The van der Waals surface area contributed by atoms with E-state index in [0.29, 0.717) is 6.54 Å². The zero-order valence-corrected chi connectivity index (χ0v) is 11.6. The number of rotatable bonds is 5. The number of ether oxygens (including phenoxy) is 1. The summed E-state index contributed by atoms with van der Waals surface area (Å²) in [6.45, 7) is 2.58. The Bertz CT molecular complexity index is 430. The van der Waals surface area contributed by atoms with Gasteiger partial charge in [0.25, 0.3) is 0 Å². The third-order valence-corrected chi connectivity index (χ3v) is 3.95. The SMILES string of the molecule is COc1cc(C(C)NCC2(O)CCCC2)ccc1F. The molecular formula is C15H22FNO2. The maximum absolute atomic E-state index is 13.3. The first-order valence-electron chi connectivity index (χ1n) is 6.83. The highest BCUT2D eigenvalue weighted by Gasteiger charge is 2.31. The van der Waals surface area contributed by atoms with Crippen LogP contribution in [0.4, 0.5) is 4.39 Å². The normalized spacial score (nSPS) is 19.4. The zero-order valence-electron chi connectivity index (χ0n) is 11.6. The van der Waals surface area contributed by atoms with Gasteiger partial charge in [-0.1, -0.05) is 18.9 Å². The van der Waals surface area contributed by atoms with Crippen LogP contribution in [-0.4, -0.2) is 24.4 Å². The molecule has 0 aromatic heterocycles. The van der Waals surface area contributed by atoms with E-state index in [1.54, 1.807) is 12.1 Å². The van der Waals surface area contributed by atoms with Gasteiger partial charge in [-0.15, -0.1) is 0 Å². The van der Waals surface area contributed by atoms with Crippen LogP contribution < -0.4 is 10.1 Å². The Morgan fingerprint density at radius 3 is 2.74 bits per heavy atom. The average molecular weight is 267 g/mol. The van der Waals surface area contributed by atoms with Gasteiger partial charge in [0, 0.05) is 12.6 Å². The Hall–Kier alpha value is -1.13. The monoisotopic (exact) mass is 267 g/mol. The first kappa shape index (κ1) is 14.3. The van der Waals surface area contributed by atoms with Crippen molar-refractivity contribution < 1.29 is 14.2 Å². The summed E-state index contributed by atoms with van der Waals surface area (Å²) in [5, 5.41) is 13.6. The molecule has 1 unspecified atom stereocenters. The van der Waals surface area contributed by atoms with E-state index < -0.39 is 5.60 Å². The average Bonchev–Trinajstić information content (AvgIpc) is 2.84. The van der Waals surface area contributed by atoms with Crippen molar-refractivity contribution in [1.29, 1.82) is 0 Å². The molecule has 0 heterocycles. The molecule has 1 fully saturated rings. The van der Waals surface area contributed by atoms with Crippen LogP contribution in [0.25, 0.3) is 0 Å². The number of nitrogens with one attached hydrogen (secondary N) is 1. The minimum Gasteiger partial charge on any atom is -0.494 e. The molecule has 1 aliphatic carbocycles. The Balaban J connectivity index is 1.97. The maximum Gasteiger partial charge on any atom is 0.165 e. The predicted octanol–water partition coefficient (Wildman–Crippen LogP) is 2.79. The van der Waals surface area contributed by atoms with Gasteiger partial charge >= 0.3 is 0 Å². The van der Waals surface area contributed by atoms with Crippen LogP contribution in [-0.2, 0) is 0 Å². The number of hydrogen-bond acceptors (Lipinski definition) is 3. The highest BCUT2D eigenvalue weighted by molar-refractivity contribution is 5.31. The van der Waals surface area contributed by atoms with Crippen LogP contribution in [0.5, 0.6) is 5.75 Å². The second-order valence-corrected chi connectivity index (χ2v) is 5.43. The van der Waals surface area contributed by atoms with Gasteiger partial charge in [0.2, 0.25) is 0 Å². The topological polar surface area (TPSA) is 41.5 Å². The molecule has 1 aromatic rings. The Kier molecular flexibility index (Phi) is 4.42. The summed E-state index contributed by atoms with van der Waals surface area (Å²) < 4.78 is 18.3. The van der Waals surface area contributed by atoms with E-state index in [4.69, 9.17) is 4.74 Å². The van der Waals surface area contributed by atoms with Crippen molar-refractivity contribution in [3.8, 4) is 5.75 Å². The van der Waals surface area contributed by atoms with Crippen molar-refractivity contribution >= 4 is 0 Å². The minimum atomic E-state index is -0.571. The lowest BCUT2D eigenvalue weighted by molar-refractivity contribution is 0.0453. The molecule has 1 aromatic carbocycles. The summed E-state index contributed by atoms with van der Waals surface area (Å²) in [4.78, 5) is 0. The van der Waals surface area contributed by atoms with Gasteiger partial charge in [-0.2, -0.15) is 0 Å². The first-order valence-corrected chi connectivity index (χ1v) is 6.83. The summed E-state index contributed by atoms with van der Waals surface area (Å²) in [6, 6.07) is 4.91. The molecule has 2 N–H and O–H groups in total. The standard InChI is InChI=1S/C15H22FNO2/c1-11(17-10-15(18)7-3-4-8-15)12-5-6-13(16)14(9-12)19-2/h5-6,9,11,17-18H,3-4,7-8,10H2,1-2H3. The molecule has 1 aliphatic rings.